The van der Waals surface area contributed by atoms with Crippen LogP contribution in [0.2, 0.25) is 0 Å². The van der Waals surface area contributed by atoms with Crippen LogP contribution in [0.5, 0.6) is 0 Å². The SMILES string of the molecule is Nc1cccc(-c2ccc(-c3cccc(C4N=C(c5ccccc5)N=C(c5ccccc5)N4)c3)cc2)c1. The molecule has 0 radical (unpaired) electrons. The predicted octanol–water partition coefficient (Wildman–Crippen LogP) is 7.10. The van der Waals surface area contributed by atoms with Crippen LogP contribution in [0.15, 0.2) is 143 Å². The van der Waals surface area contributed by atoms with Crippen molar-refractivity contribution in [1.82, 2.24) is 5.32 Å². The first kappa shape index (κ1) is 22.5. The van der Waals surface area contributed by atoms with E-state index in [4.69, 9.17) is 15.7 Å². The fourth-order valence-electron chi connectivity index (χ4n) is 4.54. The van der Waals surface area contributed by atoms with Gasteiger partial charge in [0.2, 0.25) is 0 Å². The Labute approximate surface area is 216 Å². The molecule has 0 fully saturated rings. The van der Waals surface area contributed by atoms with E-state index in [0.29, 0.717) is 0 Å². The zero-order valence-corrected chi connectivity index (χ0v) is 20.3. The number of hydrogen-bond acceptors (Lipinski definition) is 4. The van der Waals surface area contributed by atoms with E-state index in [9.17, 15) is 0 Å². The number of nitrogens with one attached hydrogen (secondary N) is 1. The maximum atomic E-state index is 5.97. The van der Waals surface area contributed by atoms with Gasteiger partial charge in [-0.3, -0.25) is 0 Å². The Morgan fingerprint density at radius 1 is 0.514 bits per heavy atom. The summed E-state index contributed by atoms with van der Waals surface area (Å²) in [6.07, 6.45) is -0.255. The van der Waals surface area contributed by atoms with Crippen molar-refractivity contribution < 1.29 is 0 Å². The number of aliphatic imine (C=N–C) groups is 2. The number of nitrogens with two attached hydrogens (primary N) is 1. The van der Waals surface area contributed by atoms with E-state index >= 15 is 0 Å². The molecule has 0 saturated carbocycles. The van der Waals surface area contributed by atoms with E-state index in [0.717, 1.165) is 56.3 Å². The fourth-order valence-corrected chi connectivity index (χ4v) is 4.54. The molecule has 178 valence electrons. The van der Waals surface area contributed by atoms with Gasteiger partial charge in [0, 0.05) is 16.8 Å². The van der Waals surface area contributed by atoms with Crippen molar-refractivity contribution in [2.45, 2.75) is 6.17 Å². The lowest BCUT2D eigenvalue weighted by molar-refractivity contribution is 0.674. The van der Waals surface area contributed by atoms with Crippen LogP contribution in [0.4, 0.5) is 5.69 Å². The molecule has 0 saturated heterocycles. The van der Waals surface area contributed by atoms with E-state index in [1.54, 1.807) is 0 Å². The summed E-state index contributed by atoms with van der Waals surface area (Å²) in [5.41, 5.74) is 14.4. The van der Waals surface area contributed by atoms with Crippen molar-refractivity contribution in [1.29, 1.82) is 0 Å². The van der Waals surface area contributed by atoms with Crippen molar-refractivity contribution >= 4 is 17.4 Å². The molecule has 4 nitrogen and oxygen atoms in total. The topological polar surface area (TPSA) is 62.8 Å². The van der Waals surface area contributed by atoms with Crippen LogP contribution < -0.4 is 11.1 Å². The van der Waals surface area contributed by atoms with Gasteiger partial charge >= 0.3 is 0 Å². The Morgan fingerprint density at radius 2 is 1.08 bits per heavy atom. The van der Waals surface area contributed by atoms with E-state index in [2.05, 4.69) is 72.0 Å². The average molecular weight is 479 g/mol. The second-order valence-electron chi connectivity index (χ2n) is 9.02. The lowest BCUT2D eigenvalue weighted by atomic mass is 9.98. The summed E-state index contributed by atoms with van der Waals surface area (Å²) in [4.78, 5) is 9.87. The van der Waals surface area contributed by atoms with Gasteiger partial charge in [-0.1, -0.05) is 115 Å². The standard InChI is InChI=1S/C33H26N4/c34-30-16-8-14-28(22-30)24-19-17-23(18-20-24)27-13-7-15-29(21-27)33-36-31(25-9-3-1-4-10-25)35-32(37-33)26-11-5-2-6-12-26/h1-22,33H,34H2,(H,35,36,37). The summed E-state index contributed by atoms with van der Waals surface area (Å²) in [5, 5.41) is 3.55. The minimum absolute atomic E-state index is 0.255. The normalized spacial score (nSPS) is 14.9. The third kappa shape index (κ3) is 4.91. The van der Waals surface area contributed by atoms with E-state index in [1.165, 1.54) is 0 Å². The van der Waals surface area contributed by atoms with Gasteiger partial charge in [-0.15, -0.1) is 0 Å². The second-order valence-corrected chi connectivity index (χ2v) is 9.02. The molecular weight excluding hydrogens is 452 g/mol. The summed E-state index contributed by atoms with van der Waals surface area (Å²) >= 11 is 0. The third-order valence-electron chi connectivity index (χ3n) is 6.46. The molecule has 6 rings (SSSR count). The number of nitrogens with zero attached hydrogens (tertiary/aromatic N) is 2. The Hall–Kier alpha value is -4.96. The lowest BCUT2D eigenvalue weighted by Crippen LogP contribution is -2.33. The Kier molecular flexibility index (Phi) is 6.05. The van der Waals surface area contributed by atoms with Gasteiger partial charge in [-0.05, 0) is 46.0 Å². The van der Waals surface area contributed by atoms with Gasteiger partial charge in [-0.25, -0.2) is 9.98 Å². The number of hydrogen-bond donors (Lipinski definition) is 2. The van der Waals surface area contributed by atoms with Gasteiger partial charge < -0.3 is 11.1 Å². The quantitative estimate of drug-likeness (QED) is 0.265. The number of benzene rings is 5. The molecule has 0 amide bonds. The maximum absolute atomic E-state index is 5.97. The summed E-state index contributed by atoms with van der Waals surface area (Å²) in [6, 6.07) is 45.4. The van der Waals surface area contributed by atoms with Gasteiger partial charge in [0.25, 0.3) is 0 Å². The molecule has 0 spiro atoms. The lowest BCUT2D eigenvalue weighted by Gasteiger charge is -2.24. The minimum atomic E-state index is -0.255. The molecule has 1 atom stereocenters. The average Bonchev–Trinajstić information content (AvgIpc) is 2.98. The van der Waals surface area contributed by atoms with E-state index < -0.39 is 0 Å². The number of anilines is 1. The van der Waals surface area contributed by atoms with Crippen LogP contribution in [0.25, 0.3) is 22.3 Å². The summed E-state index contributed by atoms with van der Waals surface area (Å²) in [5.74, 6) is 1.54. The molecule has 0 aliphatic carbocycles. The molecule has 0 aromatic heterocycles. The number of nitrogen functional groups attached to an aromatic ring is 1. The highest BCUT2D eigenvalue weighted by molar-refractivity contribution is 6.13. The van der Waals surface area contributed by atoms with Gasteiger partial charge in [0.1, 0.15) is 12.0 Å². The molecule has 5 aromatic carbocycles. The molecule has 1 aliphatic rings. The number of rotatable bonds is 5. The summed E-state index contributed by atoms with van der Waals surface area (Å²) in [6.45, 7) is 0. The van der Waals surface area contributed by atoms with Gasteiger partial charge in [0.15, 0.2) is 5.84 Å². The van der Waals surface area contributed by atoms with Crippen LogP contribution in [0, 0.1) is 0 Å². The summed E-state index contributed by atoms with van der Waals surface area (Å²) < 4.78 is 0. The van der Waals surface area contributed by atoms with Crippen molar-refractivity contribution in [3.05, 3.63) is 150 Å². The smallest absolute Gasteiger partial charge is 0.159 e. The van der Waals surface area contributed by atoms with E-state index in [1.807, 2.05) is 66.7 Å². The monoisotopic (exact) mass is 478 g/mol. The zero-order chi connectivity index (χ0) is 25.0. The molecule has 3 N–H and O–H groups in total. The molecule has 1 unspecified atom stereocenters. The predicted molar refractivity (Wildman–Crippen MR) is 154 cm³/mol. The first-order valence-electron chi connectivity index (χ1n) is 12.3. The van der Waals surface area contributed by atoms with Gasteiger partial charge in [0.05, 0.1) is 0 Å². The highest BCUT2D eigenvalue weighted by Crippen LogP contribution is 2.29. The molecule has 37 heavy (non-hydrogen) atoms. The van der Waals surface area contributed by atoms with Crippen molar-refractivity contribution in [3.63, 3.8) is 0 Å². The van der Waals surface area contributed by atoms with E-state index in [-0.39, 0.29) is 6.17 Å². The van der Waals surface area contributed by atoms with Crippen molar-refractivity contribution in [3.8, 4) is 22.3 Å². The zero-order valence-electron chi connectivity index (χ0n) is 20.3. The second kappa shape index (κ2) is 9.96. The Balaban J connectivity index is 1.34. The molecule has 1 aliphatic heterocycles. The first-order chi connectivity index (χ1) is 18.2. The van der Waals surface area contributed by atoms with Crippen LogP contribution in [0.3, 0.4) is 0 Å². The summed E-state index contributed by atoms with van der Waals surface area (Å²) in [7, 11) is 0. The van der Waals surface area contributed by atoms with Crippen molar-refractivity contribution in [2.75, 3.05) is 5.73 Å². The highest BCUT2D eigenvalue weighted by Gasteiger charge is 2.21. The maximum Gasteiger partial charge on any atom is 0.159 e. The van der Waals surface area contributed by atoms with Crippen LogP contribution >= 0.6 is 0 Å². The third-order valence-corrected chi connectivity index (χ3v) is 6.46. The Bertz CT molecular complexity index is 1590. The minimum Gasteiger partial charge on any atom is -0.399 e. The van der Waals surface area contributed by atoms with Crippen LogP contribution in [-0.2, 0) is 0 Å². The van der Waals surface area contributed by atoms with Crippen LogP contribution in [-0.4, -0.2) is 11.7 Å². The molecule has 5 aromatic rings. The van der Waals surface area contributed by atoms with Gasteiger partial charge in [-0.2, -0.15) is 0 Å². The van der Waals surface area contributed by atoms with Crippen LogP contribution in [0.1, 0.15) is 22.9 Å². The molecule has 1 heterocycles. The largest absolute Gasteiger partial charge is 0.399 e. The molecule has 0 bridgehead atoms. The van der Waals surface area contributed by atoms with Crippen molar-refractivity contribution in [2.24, 2.45) is 9.98 Å². The molecule has 4 heteroatoms. The first-order valence-corrected chi connectivity index (χ1v) is 12.3. The highest BCUT2D eigenvalue weighted by atomic mass is 15.2. The fraction of sp³-hybridized carbons (Fsp3) is 0.0303. The number of amidine groups is 2. The Morgan fingerprint density at radius 3 is 1.73 bits per heavy atom. The molecular formula is C33H26N4.